The standard InChI is InChI=1S/C25H18FN7O/c1-16-20(11-13-27-24(16)26)33-25(34)23-22(30-33)19-5-2-3-6-21(19)32(29-23)15-17-7-9-18(10-8-17)31-14-4-12-28-31/h2-14H,15H2,1H3. The number of hydrogen-bond acceptors (Lipinski definition) is 5. The van der Waals surface area contributed by atoms with Crippen LogP contribution in [0.5, 0.6) is 0 Å². The summed E-state index contributed by atoms with van der Waals surface area (Å²) < 4.78 is 18.8. The van der Waals surface area contributed by atoms with Crippen LogP contribution in [0, 0.1) is 12.9 Å². The topological polar surface area (TPSA) is 83.4 Å². The van der Waals surface area contributed by atoms with Gasteiger partial charge in [-0.25, -0.2) is 9.67 Å². The van der Waals surface area contributed by atoms with Crippen LogP contribution in [0.15, 0.2) is 84.0 Å². The quantitative estimate of drug-likeness (QED) is 0.381. The van der Waals surface area contributed by atoms with E-state index in [0.717, 1.165) is 22.2 Å². The highest BCUT2D eigenvalue weighted by Gasteiger charge is 2.23. The number of rotatable bonds is 4. The summed E-state index contributed by atoms with van der Waals surface area (Å²) in [7, 11) is 0. The molecule has 0 atom stereocenters. The predicted molar refractivity (Wildman–Crippen MR) is 125 cm³/mol. The summed E-state index contributed by atoms with van der Waals surface area (Å²) in [5.74, 6) is -0.636. The number of aromatic nitrogens is 7. The average molecular weight is 451 g/mol. The third-order valence-corrected chi connectivity index (χ3v) is 5.86. The molecule has 0 spiro atoms. The molecule has 0 radical (unpaired) electrons. The monoisotopic (exact) mass is 451 g/mol. The van der Waals surface area contributed by atoms with Gasteiger partial charge in [0, 0.05) is 29.5 Å². The summed E-state index contributed by atoms with van der Waals surface area (Å²) in [4.78, 5) is 16.9. The van der Waals surface area contributed by atoms with Crippen molar-refractivity contribution in [2.75, 3.05) is 0 Å². The van der Waals surface area contributed by atoms with Crippen molar-refractivity contribution in [2.45, 2.75) is 13.5 Å². The highest BCUT2D eigenvalue weighted by atomic mass is 19.1. The number of benzene rings is 2. The van der Waals surface area contributed by atoms with Gasteiger partial charge in [0.15, 0.2) is 5.69 Å². The van der Waals surface area contributed by atoms with Crippen molar-refractivity contribution in [3.8, 4) is 22.8 Å². The van der Waals surface area contributed by atoms with E-state index in [2.05, 4.69) is 20.3 Å². The van der Waals surface area contributed by atoms with Gasteiger partial charge < -0.3 is 0 Å². The smallest absolute Gasteiger partial charge is 0.265 e. The molecule has 4 aromatic rings. The molecular formula is C25H18FN7O. The van der Waals surface area contributed by atoms with Gasteiger partial charge in [-0.2, -0.15) is 24.4 Å². The fourth-order valence-electron chi connectivity index (χ4n) is 4.10. The lowest BCUT2D eigenvalue weighted by Crippen LogP contribution is -2.18. The molecule has 2 aromatic carbocycles. The van der Waals surface area contributed by atoms with Crippen molar-refractivity contribution in [3.63, 3.8) is 0 Å². The average Bonchev–Trinajstić information content (AvgIpc) is 3.51. The van der Waals surface area contributed by atoms with Crippen molar-refractivity contribution in [3.05, 3.63) is 107 Å². The third kappa shape index (κ3) is 3.17. The lowest BCUT2D eigenvalue weighted by molar-refractivity contribution is 0.571. The van der Waals surface area contributed by atoms with Crippen LogP contribution in [0.4, 0.5) is 4.39 Å². The Labute approximate surface area is 192 Å². The number of hydrogen-bond donors (Lipinski definition) is 0. The van der Waals surface area contributed by atoms with Gasteiger partial charge in [-0.3, -0.25) is 9.48 Å². The summed E-state index contributed by atoms with van der Waals surface area (Å²) in [6, 6.07) is 19.1. The summed E-state index contributed by atoms with van der Waals surface area (Å²) in [5, 5.41) is 14.2. The SMILES string of the molecule is Cc1c(-n2nc3c4ccccc4n(Cc4ccc(-n5cccn5)cc4)nc-3c2=O)ccnc1F. The maximum absolute atomic E-state index is 14.1. The van der Waals surface area contributed by atoms with Crippen LogP contribution in [0.3, 0.4) is 0 Å². The van der Waals surface area contributed by atoms with E-state index in [1.807, 2.05) is 60.8 Å². The normalized spacial score (nSPS) is 11.5. The van der Waals surface area contributed by atoms with E-state index in [0.29, 0.717) is 17.9 Å². The zero-order chi connectivity index (χ0) is 23.2. The van der Waals surface area contributed by atoms with Gasteiger partial charge in [0.05, 0.1) is 23.4 Å². The van der Waals surface area contributed by atoms with Crippen LogP contribution in [0.2, 0.25) is 0 Å². The van der Waals surface area contributed by atoms with Crippen molar-refractivity contribution in [2.24, 2.45) is 0 Å². The van der Waals surface area contributed by atoms with Crippen LogP contribution in [0.1, 0.15) is 11.1 Å². The molecule has 2 aliphatic heterocycles. The van der Waals surface area contributed by atoms with Crippen LogP contribution >= 0.6 is 0 Å². The van der Waals surface area contributed by atoms with E-state index < -0.39 is 11.5 Å². The fourth-order valence-corrected chi connectivity index (χ4v) is 4.10. The zero-order valence-corrected chi connectivity index (χ0v) is 18.1. The number of halogens is 1. The Balaban J connectivity index is 1.49. The Morgan fingerprint density at radius 1 is 0.912 bits per heavy atom. The van der Waals surface area contributed by atoms with Gasteiger partial charge in [-0.15, -0.1) is 0 Å². The minimum atomic E-state index is -0.636. The van der Waals surface area contributed by atoms with E-state index in [4.69, 9.17) is 0 Å². The molecule has 6 rings (SSSR count). The molecule has 34 heavy (non-hydrogen) atoms. The van der Waals surface area contributed by atoms with Crippen LogP contribution < -0.4 is 5.56 Å². The molecule has 0 fully saturated rings. The van der Waals surface area contributed by atoms with Gasteiger partial charge in [-0.05, 0) is 42.8 Å². The number of para-hydroxylation sites is 1. The summed E-state index contributed by atoms with van der Waals surface area (Å²) in [6.07, 6.45) is 4.94. The molecule has 0 unspecified atom stereocenters. The van der Waals surface area contributed by atoms with Gasteiger partial charge >= 0.3 is 5.56 Å². The van der Waals surface area contributed by atoms with Crippen LogP contribution in [-0.2, 0) is 6.54 Å². The molecule has 0 saturated carbocycles. The van der Waals surface area contributed by atoms with Crippen molar-refractivity contribution in [1.82, 2.24) is 34.3 Å². The van der Waals surface area contributed by atoms with E-state index >= 15 is 0 Å². The van der Waals surface area contributed by atoms with Gasteiger partial charge in [0.1, 0.15) is 5.69 Å². The lowest BCUT2D eigenvalue weighted by atomic mass is 10.1. The summed E-state index contributed by atoms with van der Waals surface area (Å²) in [6.45, 7) is 2.03. The molecule has 4 heterocycles. The number of pyridine rings is 1. The Kier molecular flexibility index (Phi) is 4.54. The molecule has 0 bridgehead atoms. The Morgan fingerprint density at radius 3 is 2.53 bits per heavy atom. The third-order valence-electron chi connectivity index (χ3n) is 5.86. The maximum atomic E-state index is 14.1. The van der Waals surface area contributed by atoms with Crippen molar-refractivity contribution >= 4 is 10.9 Å². The second-order valence-corrected chi connectivity index (χ2v) is 7.95. The van der Waals surface area contributed by atoms with Gasteiger partial charge in [-0.1, -0.05) is 30.3 Å². The first-order valence-corrected chi connectivity index (χ1v) is 10.7. The van der Waals surface area contributed by atoms with Crippen LogP contribution in [-0.4, -0.2) is 34.3 Å². The highest BCUT2D eigenvalue weighted by molar-refractivity contribution is 5.92. The predicted octanol–water partition coefficient (Wildman–Crippen LogP) is 3.76. The molecule has 8 nitrogen and oxygen atoms in total. The number of fused-ring (bicyclic) bond motifs is 3. The molecule has 166 valence electrons. The van der Waals surface area contributed by atoms with E-state index in [1.165, 1.54) is 10.9 Å². The summed E-state index contributed by atoms with van der Waals surface area (Å²) in [5.41, 5.74) is 3.71. The van der Waals surface area contributed by atoms with E-state index in [9.17, 15) is 9.18 Å². The molecule has 0 amide bonds. The zero-order valence-electron chi connectivity index (χ0n) is 18.1. The molecule has 2 aliphatic rings. The first kappa shape index (κ1) is 20.0. The highest BCUT2D eigenvalue weighted by Crippen LogP contribution is 2.27. The first-order valence-electron chi connectivity index (χ1n) is 10.7. The van der Waals surface area contributed by atoms with Gasteiger partial charge in [0.25, 0.3) is 0 Å². The molecule has 0 N–H and O–H groups in total. The first-order chi connectivity index (χ1) is 16.6. The van der Waals surface area contributed by atoms with Crippen molar-refractivity contribution in [1.29, 1.82) is 0 Å². The molecule has 0 aliphatic carbocycles. The Morgan fingerprint density at radius 2 is 1.74 bits per heavy atom. The van der Waals surface area contributed by atoms with E-state index in [-0.39, 0.29) is 11.3 Å². The maximum Gasteiger partial charge on any atom is 0.301 e. The molecule has 9 heteroatoms. The van der Waals surface area contributed by atoms with Crippen LogP contribution in [0.25, 0.3) is 33.7 Å². The fraction of sp³-hybridized carbons (Fsp3) is 0.0800. The molecule has 0 saturated heterocycles. The largest absolute Gasteiger partial charge is 0.301 e. The second kappa shape index (κ2) is 7.73. The second-order valence-electron chi connectivity index (χ2n) is 7.95. The lowest BCUT2D eigenvalue weighted by Gasteiger charge is -2.12. The molecule has 2 aromatic heterocycles. The summed E-state index contributed by atoms with van der Waals surface area (Å²) >= 11 is 0. The van der Waals surface area contributed by atoms with Crippen molar-refractivity contribution < 1.29 is 4.39 Å². The van der Waals surface area contributed by atoms with E-state index in [1.54, 1.807) is 28.6 Å². The Hall–Kier alpha value is -4.66. The Bertz CT molecular complexity index is 1670. The van der Waals surface area contributed by atoms with Gasteiger partial charge in [0.2, 0.25) is 5.95 Å². The number of nitrogens with zero attached hydrogens (tertiary/aromatic N) is 7. The minimum Gasteiger partial charge on any atom is -0.265 e. The molecular weight excluding hydrogens is 433 g/mol. The minimum absolute atomic E-state index is 0.225.